The third-order valence-electron chi connectivity index (χ3n) is 5.31. The van der Waals surface area contributed by atoms with E-state index < -0.39 is 6.10 Å². The molecule has 1 aliphatic heterocycles. The summed E-state index contributed by atoms with van der Waals surface area (Å²) in [5.74, 6) is 1.70. The number of thiazole rings is 1. The summed E-state index contributed by atoms with van der Waals surface area (Å²) in [6.45, 7) is 2.34. The summed E-state index contributed by atoms with van der Waals surface area (Å²) in [5, 5.41) is 12.8. The molecule has 0 unspecified atom stereocenters. The van der Waals surface area contributed by atoms with Crippen molar-refractivity contribution in [2.45, 2.75) is 19.4 Å². The van der Waals surface area contributed by atoms with Gasteiger partial charge in [-0.2, -0.15) is 0 Å². The molecule has 1 saturated heterocycles. The van der Waals surface area contributed by atoms with E-state index in [1.807, 2.05) is 0 Å². The molecule has 1 fully saturated rings. The number of aromatic nitrogens is 3. The first-order chi connectivity index (χ1) is 16.9. The maximum atomic E-state index is 12.9. The molecule has 0 spiro atoms. The number of carbonyl (C=O) groups is 2. The number of ether oxygens (including phenoxy) is 2. The summed E-state index contributed by atoms with van der Waals surface area (Å²) in [6.07, 6.45) is 1.57. The average Bonchev–Trinajstić information content (AvgIpc) is 3.59. The lowest BCUT2D eigenvalue weighted by molar-refractivity contribution is -0.132. The van der Waals surface area contributed by atoms with Crippen molar-refractivity contribution in [2.24, 2.45) is 0 Å². The average molecular weight is 492 g/mol. The number of likely N-dealkylation sites (N-methyl/N-ethyl adjacent to an activating group) is 1. The molecule has 2 amide bonds. The predicted molar refractivity (Wildman–Crippen MR) is 128 cm³/mol. The number of amides is 2. The summed E-state index contributed by atoms with van der Waals surface area (Å²) in [7, 11) is 1.73. The molecule has 2 aromatic heterocycles. The van der Waals surface area contributed by atoms with Crippen LogP contribution in [0.3, 0.4) is 0 Å². The zero-order valence-corrected chi connectivity index (χ0v) is 19.7. The highest BCUT2D eigenvalue weighted by atomic mass is 32.1. The first kappa shape index (κ1) is 22.5. The maximum absolute atomic E-state index is 12.9. The van der Waals surface area contributed by atoms with E-state index >= 15 is 0 Å². The summed E-state index contributed by atoms with van der Waals surface area (Å²) in [6, 6.07) is 12.0. The smallest absolute Gasteiger partial charge is 0.263 e. The van der Waals surface area contributed by atoms with Crippen molar-refractivity contribution in [3.05, 3.63) is 65.5 Å². The molecule has 0 bridgehead atoms. The summed E-state index contributed by atoms with van der Waals surface area (Å²) in [4.78, 5) is 30.9. The van der Waals surface area contributed by atoms with Gasteiger partial charge >= 0.3 is 0 Å². The molecule has 1 atom stereocenters. The van der Waals surface area contributed by atoms with Gasteiger partial charge in [0.05, 0.1) is 0 Å². The minimum Gasteiger partial charge on any atom is -0.480 e. The van der Waals surface area contributed by atoms with Crippen molar-refractivity contribution in [1.29, 1.82) is 0 Å². The molecule has 1 N–H and O–H groups in total. The van der Waals surface area contributed by atoms with E-state index in [-0.39, 0.29) is 11.8 Å². The van der Waals surface area contributed by atoms with Gasteiger partial charge in [-0.3, -0.25) is 14.9 Å². The standard InChI is InChI=1S/C24H21N5O5S/c1-14-27-28-22(32-14)15-3-5-17(6-4-15)33-18-11-16(21(30)26-24-25-8-10-35-24)12-19(13-18)34-20-7-9-29(2)23(20)31/h3-6,8,10-13,20H,7,9H2,1-2H3,(H,25,26,30)/t20-/m0/s1. The number of benzene rings is 2. The number of hydrogen-bond donors (Lipinski definition) is 1. The largest absolute Gasteiger partial charge is 0.480 e. The Balaban J connectivity index is 1.40. The van der Waals surface area contributed by atoms with Gasteiger partial charge in [-0.15, -0.1) is 21.5 Å². The fourth-order valence-electron chi connectivity index (χ4n) is 3.56. The molecular formula is C24H21N5O5S. The minimum atomic E-state index is -0.609. The van der Waals surface area contributed by atoms with Crippen LogP contribution in [0.15, 0.2) is 58.5 Å². The lowest BCUT2D eigenvalue weighted by Gasteiger charge is -2.15. The van der Waals surface area contributed by atoms with Gasteiger partial charge in [0, 0.05) is 55.7 Å². The number of rotatable bonds is 7. The van der Waals surface area contributed by atoms with Gasteiger partial charge in [0.2, 0.25) is 11.8 Å². The van der Waals surface area contributed by atoms with Crippen LogP contribution in [0.2, 0.25) is 0 Å². The van der Waals surface area contributed by atoms with E-state index in [0.29, 0.717) is 52.7 Å². The highest BCUT2D eigenvalue weighted by molar-refractivity contribution is 7.13. The highest BCUT2D eigenvalue weighted by Crippen LogP contribution is 2.31. The lowest BCUT2D eigenvalue weighted by atomic mass is 10.1. The normalized spacial score (nSPS) is 15.3. The Morgan fingerprint density at radius 1 is 1.14 bits per heavy atom. The third kappa shape index (κ3) is 5.14. The van der Waals surface area contributed by atoms with E-state index in [1.165, 1.54) is 11.3 Å². The second kappa shape index (κ2) is 9.55. The van der Waals surface area contributed by atoms with E-state index in [1.54, 1.807) is 72.9 Å². The van der Waals surface area contributed by atoms with Gasteiger partial charge in [0.1, 0.15) is 17.2 Å². The number of nitrogens with zero attached hydrogens (tertiary/aromatic N) is 4. The summed E-state index contributed by atoms with van der Waals surface area (Å²) >= 11 is 1.31. The van der Waals surface area contributed by atoms with Crippen LogP contribution in [-0.4, -0.2) is 51.6 Å². The molecular weight excluding hydrogens is 470 g/mol. The second-order valence-corrected chi connectivity index (χ2v) is 8.79. The monoisotopic (exact) mass is 491 g/mol. The molecule has 35 heavy (non-hydrogen) atoms. The molecule has 3 heterocycles. The lowest BCUT2D eigenvalue weighted by Crippen LogP contribution is -2.29. The maximum Gasteiger partial charge on any atom is 0.263 e. The molecule has 4 aromatic rings. The first-order valence-electron chi connectivity index (χ1n) is 10.8. The fourth-order valence-corrected chi connectivity index (χ4v) is 4.09. The Labute approximate surface area is 204 Å². The Morgan fingerprint density at radius 2 is 1.94 bits per heavy atom. The number of anilines is 1. The van der Waals surface area contributed by atoms with Crippen LogP contribution in [0.1, 0.15) is 22.7 Å². The summed E-state index contributed by atoms with van der Waals surface area (Å²) < 4.78 is 17.4. The van der Waals surface area contributed by atoms with Crippen LogP contribution in [0.5, 0.6) is 17.2 Å². The van der Waals surface area contributed by atoms with Crippen molar-refractivity contribution in [1.82, 2.24) is 20.1 Å². The van der Waals surface area contributed by atoms with E-state index in [9.17, 15) is 9.59 Å². The quantitative estimate of drug-likeness (QED) is 0.409. The Kier molecular flexibility index (Phi) is 6.15. The van der Waals surface area contributed by atoms with Crippen LogP contribution in [-0.2, 0) is 4.79 Å². The van der Waals surface area contributed by atoms with Crippen molar-refractivity contribution in [3.8, 4) is 28.7 Å². The van der Waals surface area contributed by atoms with E-state index in [0.717, 1.165) is 5.56 Å². The second-order valence-electron chi connectivity index (χ2n) is 7.89. The van der Waals surface area contributed by atoms with Gasteiger partial charge < -0.3 is 18.8 Å². The Bertz CT molecular complexity index is 1350. The van der Waals surface area contributed by atoms with Crippen LogP contribution in [0.4, 0.5) is 5.13 Å². The van der Waals surface area contributed by atoms with Gasteiger partial charge in [0.25, 0.3) is 11.8 Å². The first-order valence-corrected chi connectivity index (χ1v) is 11.7. The topological polar surface area (TPSA) is 120 Å². The fraction of sp³-hybridized carbons (Fsp3) is 0.208. The Hall–Kier alpha value is -4.25. The predicted octanol–water partition coefficient (Wildman–Crippen LogP) is 4.16. The Morgan fingerprint density at radius 3 is 2.60 bits per heavy atom. The third-order valence-corrected chi connectivity index (χ3v) is 6.00. The van der Waals surface area contributed by atoms with Crippen molar-refractivity contribution in [2.75, 3.05) is 18.9 Å². The summed E-state index contributed by atoms with van der Waals surface area (Å²) in [5.41, 5.74) is 1.06. The molecule has 178 valence electrons. The zero-order valence-electron chi connectivity index (χ0n) is 18.9. The van der Waals surface area contributed by atoms with Crippen LogP contribution in [0, 0.1) is 6.92 Å². The molecule has 10 nitrogen and oxygen atoms in total. The number of carbonyl (C=O) groups excluding carboxylic acids is 2. The molecule has 2 aromatic carbocycles. The highest BCUT2D eigenvalue weighted by Gasteiger charge is 2.31. The number of nitrogens with one attached hydrogen (secondary N) is 1. The molecule has 1 aliphatic rings. The van der Waals surface area contributed by atoms with E-state index in [2.05, 4.69) is 20.5 Å². The van der Waals surface area contributed by atoms with Gasteiger partial charge in [-0.05, 0) is 36.4 Å². The van der Waals surface area contributed by atoms with Gasteiger partial charge in [0.15, 0.2) is 11.2 Å². The van der Waals surface area contributed by atoms with Crippen molar-refractivity contribution >= 4 is 28.3 Å². The van der Waals surface area contributed by atoms with Crippen molar-refractivity contribution in [3.63, 3.8) is 0 Å². The molecule has 0 aliphatic carbocycles. The number of likely N-dealkylation sites (tertiary alicyclic amines) is 1. The van der Waals surface area contributed by atoms with Crippen molar-refractivity contribution < 1.29 is 23.5 Å². The molecule has 0 saturated carbocycles. The van der Waals surface area contributed by atoms with Crippen LogP contribution < -0.4 is 14.8 Å². The molecule has 0 radical (unpaired) electrons. The molecule has 5 rings (SSSR count). The van der Waals surface area contributed by atoms with Crippen LogP contribution in [0.25, 0.3) is 11.5 Å². The zero-order chi connectivity index (χ0) is 24.4. The number of aryl methyl sites for hydroxylation is 1. The SMILES string of the molecule is Cc1nnc(-c2ccc(Oc3cc(O[C@H]4CCN(C)C4=O)cc(C(=O)Nc4nccs4)c3)cc2)o1. The molecule has 11 heteroatoms. The number of hydrogen-bond acceptors (Lipinski definition) is 9. The van der Waals surface area contributed by atoms with E-state index in [4.69, 9.17) is 13.9 Å². The minimum absolute atomic E-state index is 0.100. The van der Waals surface area contributed by atoms with Crippen LogP contribution >= 0.6 is 11.3 Å². The van der Waals surface area contributed by atoms with Gasteiger partial charge in [-0.1, -0.05) is 0 Å². The van der Waals surface area contributed by atoms with Gasteiger partial charge in [-0.25, -0.2) is 4.98 Å².